The highest BCUT2D eigenvalue weighted by Gasteiger charge is 2.08. The van der Waals surface area contributed by atoms with Gasteiger partial charge < -0.3 is 4.74 Å². The molecule has 0 atom stereocenters. The number of nitrogens with zero attached hydrogens (tertiary/aromatic N) is 2. The fraction of sp³-hybridized carbons (Fsp3) is 0.231. The third kappa shape index (κ3) is 3.04. The molecule has 0 spiro atoms. The van der Waals surface area contributed by atoms with Crippen LogP contribution in [-0.4, -0.2) is 9.97 Å². The molecule has 5 heteroatoms. The molecule has 1 aromatic heterocycles. The average Bonchev–Trinajstić information content (AvgIpc) is 2.33. The molecule has 0 aliphatic carbocycles. The van der Waals surface area contributed by atoms with Crippen LogP contribution in [0.15, 0.2) is 28.9 Å². The van der Waals surface area contributed by atoms with Gasteiger partial charge in [-0.1, -0.05) is 13.0 Å². The fourth-order valence-electron chi connectivity index (χ4n) is 1.45. The summed E-state index contributed by atoms with van der Waals surface area (Å²) in [5, 5.41) is 0. The molecule has 94 valence electrons. The predicted octanol–water partition coefficient (Wildman–Crippen LogP) is 4.04. The third-order valence-corrected chi connectivity index (χ3v) is 2.74. The Morgan fingerprint density at radius 1 is 1.28 bits per heavy atom. The monoisotopic (exact) mass is 310 g/mol. The van der Waals surface area contributed by atoms with Gasteiger partial charge in [-0.25, -0.2) is 9.37 Å². The molecule has 0 unspecified atom stereocenters. The molecule has 2 aromatic rings. The topological polar surface area (TPSA) is 35.0 Å². The maximum Gasteiger partial charge on any atom is 0.223 e. The first-order valence-electron chi connectivity index (χ1n) is 5.56. The second-order valence-corrected chi connectivity index (χ2v) is 4.65. The van der Waals surface area contributed by atoms with E-state index in [1.165, 1.54) is 6.07 Å². The van der Waals surface area contributed by atoms with Crippen molar-refractivity contribution in [3.05, 3.63) is 46.1 Å². The number of ether oxygens (including phenoxy) is 1. The van der Waals surface area contributed by atoms with Crippen molar-refractivity contribution < 1.29 is 9.13 Å². The number of hydrogen-bond acceptors (Lipinski definition) is 3. The van der Waals surface area contributed by atoms with Gasteiger partial charge in [-0.2, -0.15) is 4.98 Å². The maximum absolute atomic E-state index is 13.6. The highest BCUT2D eigenvalue weighted by atomic mass is 79.9. The van der Waals surface area contributed by atoms with Gasteiger partial charge in [0.1, 0.15) is 10.4 Å². The van der Waals surface area contributed by atoms with E-state index >= 15 is 0 Å². The molecule has 0 saturated heterocycles. The van der Waals surface area contributed by atoms with Crippen molar-refractivity contribution in [1.29, 1.82) is 0 Å². The molecule has 1 heterocycles. The first kappa shape index (κ1) is 13.0. The zero-order chi connectivity index (χ0) is 13.1. The molecule has 0 fully saturated rings. The van der Waals surface area contributed by atoms with Gasteiger partial charge in [0.05, 0.1) is 0 Å². The molecular formula is C13H12BrFN2O. The Kier molecular flexibility index (Phi) is 3.91. The number of hydrogen-bond donors (Lipinski definition) is 0. The molecule has 0 aliphatic heterocycles. The van der Waals surface area contributed by atoms with Crippen molar-refractivity contribution in [2.45, 2.75) is 20.3 Å². The van der Waals surface area contributed by atoms with E-state index in [9.17, 15) is 4.39 Å². The number of aromatic nitrogens is 2. The van der Waals surface area contributed by atoms with Crippen molar-refractivity contribution in [3.63, 3.8) is 0 Å². The van der Waals surface area contributed by atoms with Gasteiger partial charge >= 0.3 is 0 Å². The highest BCUT2D eigenvalue weighted by molar-refractivity contribution is 9.10. The number of benzene rings is 1. The maximum atomic E-state index is 13.6. The van der Waals surface area contributed by atoms with E-state index in [2.05, 4.69) is 25.9 Å². The third-order valence-electron chi connectivity index (χ3n) is 2.34. The molecule has 0 amide bonds. The second-order valence-electron chi connectivity index (χ2n) is 3.83. The summed E-state index contributed by atoms with van der Waals surface area (Å²) in [6.07, 6.45) is 0.687. The summed E-state index contributed by atoms with van der Waals surface area (Å²) in [5.41, 5.74) is 0.926. The van der Waals surface area contributed by atoms with Gasteiger partial charge in [-0.3, -0.25) is 0 Å². The summed E-state index contributed by atoms with van der Waals surface area (Å²) in [4.78, 5) is 8.35. The number of rotatable bonds is 3. The van der Waals surface area contributed by atoms with Crippen LogP contribution in [0.5, 0.6) is 11.6 Å². The SMILES string of the molecule is CCc1nc(Br)cc(Oc2cc(C)ccc2F)n1. The lowest BCUT2D eigenvalue weighted by Crippen LogP contribution is -1.97. The van der Waals surface area contributed by atoms with Crippen molar-refractivity contribution in [3.8, 4) is 11.6 Å². The van der Waals surface area contributed by atoms with Gasteiger partial charge in [0.15, 0.2) is 11.6 Å². The minimum atomic E-state index is -0.409. The van der Waals surface area contributed by atoms with Crippen molar-refractivity contribution in [2.24, 2.45) is 0 Å². The van der Waals surface area contributed by atoms with Crippen molar-refractivity contribution >= 4 is 15.9 Å². The second kappa shape index (κ2) is 5.44. The van der Waals surface area contributed by atoms with Crippen molar-refractivity contribution in [2.75, 3.05) is 0 Å². The van der Waals surface area contributed by atoms with E-state index in [-0.39, 0.29) is 5.75 Å². The molecule has 3 nitrogen and oxygen atoms in total. The van der Waals surface area contributed by atoms with Crippen LogP contribution in [0, 0.1) is 12.7 Å². The van der Waals surface area contributed by atoms with Crippen LogP contribution in [0.25, 0.3) is 0 Å². The number of aryl methyl sites for hydroxylation is 2. The molecule has 0 saturated carbocycles. The summed E-state index contributed by atoms with van der Waals surface area (Å²) in [5.74, 6) is 0.738. The van der Waals surface area contributed by atoms with Crippen LogP contribution in [0.3, 0.4) is 0 Å². The van der Waals surface area contributed by atoms with E-state index in [1.54, 1.807) is 18.2 Å². The minimum absolute atomic E-state index is 0.169. The van der Waals surface area contributed by atoms with Gasteiger partial charge in [0.2, 0.25) is 5.88 Å². The van der Waals surface area contributed by atoms with Crippen LogP contribution in [0.1, 0.15) is 18.3 Å². The summed E-state index contributed by atoms with van der Waals surface area (Å²) in [6.45, 7) is 3.82. The van der Waals surface area contributed by atoms with Crippen LogP contribution >= 0.6 is 15.9 Å². The lowest BCUT2D eigenvalue weighted by atomic mass is 10.2. The summed E-state index contributed by atoms with van der Waals surface area (Å²) < 4.78 is 19.6. The van der Waals surface area contributed by atoms with Gasteiger partial charge in [-0.05, 0) is 40.5 Å². The van der Waals surface area contributed by atoms with Crippen LogP contribution < -0.4 is 4.74 Å². The largest absolute Gasteiger partial charge is 0.436 e. The highest BCUT2D eigenvalue weighted by Crippen LogP contribution is 2.25. The first-order valence-corrected chi connectivity index (χ1v) is 6.35. The zero-order valence-electron chi connectivity index (χ0n) is 10.1. The fourth-order valence-corrected chi connectivity index (χ4v) is 1.85. The minimum Gasteiger partial charge on any atom is -0.436 e. The molecule has 1 aromatic carbocycles. The van der Waals surface area contributed by atoms with Crippen LogP contribution in [-0.2, 0) is 6.42 Å². The Morgan fingerprint density at radius 2 is 2.06 bits per heavy atom. The Labute approximate surface area is 113 Å². The Morgan fingerprint density at radius 3 is 2.78 bits per heavy atom. The van der Waals surface area contributed by atoms with Crippen molar-refractivity contribution in [1.82, 2.24) is 9.97 Å². The molecule has 0 bridgehead atoms. The summed E-state index contributed by atoms with van der Waals surface area (Å²) >= 11 is 3.28. The Hall–Kier alpha value is -1.49. The van der Waals surface area contributed by atoms with E-state index in [0.29, 0.717) is 22.7 Å². The first-order chi connectivity index (χ1) is 8.58. The molecule has 18 heavy (non-hydrogen) atoms. The van der Waals surface area contributed by atoms with E-state index < -0.39 is 5.82 Å². The van der Waals surface area contributed by atoms with E-state index in [0.717, 1.165) is 5.56 Å². The molecule has 0 radical (unpaired) electrons. The van der Waals surface area contributed by atoms with Gasteiger partial charge in [0.25, 0.3) is 0 Å². The lowest BCUT2D eigenvalue weighted by Gasteiger charge is -2.08. The molecule has 0 aliphatic rings. The van der Waals surface area contributed by atoms with E-state index in [1.807, 2.05) is 13.8 Å². The van der Waals surface area contributed by atoms with E-state index in [4.69, 9.17) is 4.74 Å². The molecule has 0 N–H and O–H groups in total. The number of halogens is 2. The standard InChI is InChI=1S/C13H12BrFN2O/c1-3-12-16-11(14)7-13(17-12)18-10-6-8(2)4-5-9(10)15/h4-7H,3H2,1-2H3. The van der Waals surface area contributed by atoms with Gasteiger partial charge in [-0.15, -0.1) is 0 Å². The Balaban J connectivity index is 2.33. The summed E-state index contributed by atoms with van der Waals surface area (Å²) in [6, 6.07) is 6.31. The average molecular weight is 311 g/mol. The van der Waals surface area contributed by atoms with Crippen LogP contribution in [0.2, 0.25) is 0 Å². The lowest BCUT2D eigenvalue weighted by molar-refractivity contribution is 0.423. The van der Waals surface area contributed by atoms with Crippen LogP contribution in [0.4, 0.5) is 4.39 Å². The molecular weight excluding hydrogens is 299 g/mol. The Bertz CT molecular complexity index is 575. The van der Waals surface area contributed by atoms with Gasteiger partial charge in [0, 0.05) is 12.5 Å². The predicted molar refractivity (Wildman–Crippen MR) is 70.3 cm³/mol. The zero-order valence-corrected chi connectivity index (χ0v) is 11.7. The quantitative estimate of drug-likeness (QED) is 0.802. The summed E-state index contributed by atoms with van der Waals surface area (Å²) in [7, 11) is 0. The normalized spacial score (nSPS) is 10.4. The smallest absolute Gasteiger partial charge is 0.223 e. The molecule has 2 rings (SSSR count).